The molecule has 34 heavy (non-hydrogen) atoms. The van der Waals surface area contributed by atoms with E-state index < -0.39 is 39.6 Å². The molecule has 1 aromatic carbocycles. The Kier molecular flexibility index (Phi) is 5.94. The van der Waals surface area contributed by atoms with Gasteiger partial charge in [0.15, 0.2) is 5.82 Å². The SMILES string of the molecule is O=C(NCC1COC1)c1cc2c(s1)CN(C1=NOC(c3cc(Cl)c(F)c(Cl)c3)(C(F)(F)F)C1)C2. The number of halogens is 6. The molecule has 4 heterocycles. The van der Waals surface area contributed by atoms with Crippen molar-refractivity contribution in [3.8, 4) is 0 Å². The molecule has 0 aliphatic carbocycles. The van der Waals surface area contributed by atoms with Gasteiger partial charge in [0.1, 0.15) is 5.84 Å². The summed E-state index contributed by atoms with van der Waals surface area (Å²) in [6, 6.07) is 3.46. The van der Waals surface area contributed by atoms with Crippen molar-refractivity contribution in [3.05, 3.63) is 54.9 Å². The number of rotatable bonds is 4. The zero-order valence-electron chi connectivity index (χ0n) is 17.3. The summed E-state index contributed by atoms with van der Waals surface area (Å²) in [5, 5.41) is 5.53. The normalized spacial score (nSPS) is 22.3. The molecule has 1 unspecified atom stereocenters. The first kappa shape index (κ1) is 23.7. The van der Waals surface area contributed by atoms with Crippen LogP contribution in [0.25, 0.3) is 0 Å². The van der Waals surface area contributed by atoms with E-state index in [1.807, 2.05) is 0 Å². The number of alkyl halides is 3. The van der Waals surface area contributed by atoms with Gasteiger partial charge in [0, 0.05) is 29.4 Å². The monoisotopic (exact) mass is 537 g/mol. The van der Waals surface area contributed by atoms with Crippen molar-refractivity contribution in [2.45, 2.75) is 31.3 Å². The average molecular weight is 538 g/mol. The minimum absolute atomic E-state index is 0.0910. The fourth-order valence-corrected chi connectivity index (χ4v) is 5.63. The standard InChI is InChI=1S/C21H17Cl2F4N3O3S/c22-13-2-12(3-14(23)18(13)24)20(21(25,26)27)4-17(29-33-20)30-6-11-1-15(34-16(11)7-30)19(31)28-5-10-8-32-9-10/h1-3,10H,4-9H2,(H,28,31). The number of hydrogen-bond acceptors (Lipinski definition) is 6. The summed E-state index contributed by atoms with van der Waals surface area (Å²) in [5.41, 5.74) is -2.42. The number of ether oxygens (including phenoxy) is 1. The Bertz CT molecular complexity index is 1140. The van der Waals surface area contributed by atoms with E-state index >= 15 is 0 Å². The van der Waals surface area contributed by atoms with E-state index in [1.165, 1.54) is 11.3 Å². The lowest BCUT2D eigenvalue weighted by molar-refractivity contribution is -0.275. The van der Waals surface area contributed by atoms with E-state index in [2.05, 4.69) is 10.5 Å². The molecule has 182 valence electrons. The molecule has 2 aromatic rings. The fraction of sp³-hybridized carbons (Fsp3) is 0.429. The Morgan fingerprint density at radius 1 is 1.24 bits per heavy atom. The molecule has 0 radical (unpaired) electrons. The second-order valence-electron chi connectivity index (χ2n) is 8.38. The molecule has 3 aliphatic heterocycles. The third-order valence-electron chi connectivity index (χ3n) is 6.06. The molecular formula is C21H17Cl2F4N3O3S. The van der Waals surface area contributed by atoms with Crippen LogP contribution in [0.3, 0.4) is 0 Å². The summed E-state index contributed by atoms with van der Waals surface area (Å²) < 4.78 is 61.4. The van der Waals surface area contributed by atoms with Crippen molar-refractivity contribution >= 4 is 46.3 Å². The van der Waals surface area contributed by atoms with Gasteiger partial charge < -0.3 is 19.8 Å². The van der Waals surface area contributed by atoms with Crippen molar-refractivity contribution in [2.75, 3.05) is 19.8 Å². The van der Waals surface area contributed by atoms with E-state index in [-0.39, 0.29) is 18.3 Å². The van der Waals surface area contributed by atoms with Crippen LogP contribution in [0.5, 0.6) is 0 Å². The Labute approximate surface area is 205 Å². The lowest BCUT2D eigenvalue weighted by atomic mass is 9.89. The number of amidine groups is 1. The molecule has 0 spiro atoms. The molecule has 1 amide bonds. The second-order valence-corrected chi connectivity index (χ2v) is 10.3. The van der Waals surface area contributed by atoms with Gasteiger partial charge in [0.05, 0.1) is 41.1 Å². The number of fused-ring (bicyclic) bond motifs is 1. The van der Waals surface area contributed by atoms with Gasteiger partial charge >= 0.3 is 6.18 Å². The smallest absolute Gasteiger partial charge is 0.381 e. The first-order valence-electron chi connectivity index (χ1n) is 10.3. The van der Waals surface area contributed by atoms with E-state index in [0.29, 0.717) is 37.1 Å². The molecule has 5 rings (SSSR count). The molecule has 1 saturated heterocycles. The van der Waals surface area contributed by atoms with Crippen molar-refractivity contribution < 1.29 is 31.9 Å². The van der Waals surface area contributed by atoms with Crippen LogP contribution in [0.15, 0.2) is 23.4 Å². The van der Waals surface area contributed by atoms with Gasteiger partial charge in [-0.2, -0.15) is 13.2 Å². The molecule has 0 saturated carbocycles. The van der Waals surface area contributed by atoms with Gasteiger partial charge in [-0.15, -0.1) is 11.3 Å². The maximum atomic E-state index is 14.2. The number of nitrogens with one attached hydrogen (secondary N) is 1. The van der Waals surface area contributed by atoms with Crippen LogP contribution in [0.4, 0.5) is 17.6 Å². The lowest BCUT2D eigenvalue weighted by Crippen LogP contribution is -2.44. The van der Waals surface area contributed by atoms with E-state index in [4.69, 9.17) is 32.8 Å². The Morgan fingerprint density at radius 3 is 2.53 bits per heavy atom. The zero-order valence-corrected chi connectivity index (χ0v) is 19.7. The van der Waals surface area contributed by atoms with Crippen LogP contribution < -0.4 is 5.32 Å². The first-order valence-corrected chi connectivity index (χ1v) is 11.8. The van der Waals surface area contributed by atoms with Crippen LogP contribution in [-0.2, 0) is 28.3 Å². The maximum Gasteiger partial charge on any atom is 0.435 e. The quantitative estimate of drug-likeness (QED) is 0.436. The molecule has 1 fully saturated rings. The fourth-order valence-electron chi connectivity index (χ4n) is 4.04. The Morgan fingerprint density at radius 2 is 1.94 bits per heavy atom. The molecule has 3 aliphatic rings. The molecule has 1 N–H and O–H groups in total. The van der Waals surface area contributed by atoms with Crippen molar-refractivity contribution in [1.29, 1.82) is 0 Å². The van der Waals surface area contributed by atoms with Crippen molar-refractivity contribution in [3.63, 3.8) is 0 Å². The number of thiophene rings is 1. The van der Waals surface area contributed by atoms with Gasteiger partial charge in [-0.25, -0.2) is 4.39 Å². The molecular weight excluding hydrogens is 521 g/mol. The molecule has 13 heteroatoms. The second kappa shape index (κ2) is 8.54. The maximum absolute atomic E-state index is 14.2. The van der Waals surface area contributed by atoms with E-state index in [0.717, 1.165) is 22.6 Å². The minimum atomic E-state index is -4.87. The van der Waals surface area contributed by atoms with Gasteiger partial charge in [-0.05, 0) is 23.8 Å². The minimum Gasteiger partial charge on any atom is -0.381 e. The van der Waals surface area contributed by atoms with Gasteiger partial charge in [0.25, 0.3) is 11.5 Å². The number of oxime groups is 1. The lowest BCUT2D eigenvalue weighted by Gasteiger charge is -2.30. The third-order valence-corrected chi connectivity index (χ3v) is 7.77. The highest BCUT2D eigenvalue weighted by atomic mass is 35.5. The summed E-state index contributed by atoms with van der Waals surface area (Å²) in [4.78, 5) is 20.5. The van der Waals surface area contributed by atoms with Gasteiger partial charge in [0.2, 0.25) is 0 Å². The zero-order chi connectivity index (χ0) is 24.3. The van der Waals surface area contributed by atoms with E-state index in [1.54, 1.807) is 11.0 Å². The van der Waals surface area contributed by atoms with Gasteiger partial charge in [-0.3, -0.25) is 4.79 Å². The van der Waals surface area contributed by atoms with Crippen LogP contribution in [-0.4, -0.2) is 42.6 Å². The largest absolute Gasteiger partial charge is 0.435 e. The highest BCUT2D eigenvalue weighted by molar-refractivity contribution is 7.14. The van der Waals surface area contributed by atoms with Crippen LogP contribution in [0.2, 0.25) is 10.0 Å². The van der Waals surface area contributed by atoms with Crippen molar-refractivity contribution in [2.24, 2.45) is 11.1 Å². The number of benzene rings is 1. The van der Waals surface area contributed by atoms with Crippen LogP contribution in [0.1, 0.15) is 32.1 Å². The number of amides is 1. The van der Waals surface area contributed by atoms with E-state index in [9.17, 15) is 22.4 Å². The highest BCUT2D eigenvalue weighted by Crippen LogP contribution is 2.50. The Balaban J connectivity index is 1.30. The number of carbonyl (C=O) groups excluding carboxylic acids is 1. The average Bonchev–Trinajstić information content (AvgIpc) is 3.43. The van der Waals surface area contributed by atoms with Gasteiger partial charge in [-0.1, -0.05) is 28.4 Å². The number of hydrogen-bond donors (Lipinski definition) is 1. The molecule has 1 atom stereocenters. The number of carbonyl (C=O) groups is 1. The predicted molar refractivity (Wildman–Crippen MR) is 117 cm³/mol. The molecule has 6 nitrogen and oxygen atoms in total. The summed E-state index contributed by atoms with van der Waals surface area (Å²) >= 11 is 12.8. The summed E-state index contributed by atoms with van der Waals surface area (Å²) in [7, 11) is 0. The first-order chi connectivity index (χ1) is 16.1. The highest BCUT2D eigenvalue weighted by Gasteiger charge is 2.63. The van der Waals surface area contributed by atoms with Crippen molar-refractivity contribution in [1.82, 2.24) is 10.2 Å². The third kappa shape index (κ3) is 4.02. The molecule has 1 aromatic heterocycles. The summed E-state index contributed by atoms with van der Waals surface area (Å²) in [5.74, 6) is -0.770. The topological polar surface area (TPSA) is 63.2 Å². The summed E-state index contributed by atoms with van der Waals surface area (Å²) in [6.45, 7) is 2.40. The Hall–Kier alpha value is -2.08. The van der Waals surface area contributed by atoms with Crippen LogP contribution in [0, 0.1) is 11.7 Å². The molecule has 0 bridgehead atoms. The summed E-state index contributed by atoms with van der Waals surface area (Å²) in [6.07, 6.45) is -5.50. The predicted octanol–water partition coefficient (Wildman–Crippen LogP) is 5.08. The van der Waals surface area contributed by atoms with Crippen LogP contribution >= 0.6 is 34.5 Å². The number of nitrogens with zero attached hydrogens (tertiary/aromatic N) is 2.